The predicted octanol–water partition coefficient (Wildman–Crippen LogP) is 5.10. The van der Waals surface area contributed by atoms with Gasteiger partial charge in [-0.1, -0.05) is 35.1 Å². The van der Waals surface area contributed by atoms with Crippen molar-refractivity contribution in [1.82, 2.24) is 19.7 Å². The Bertz CT molecular complexity index is 1400. The molecule has 0 saturated carbocycles. The number of hydrogen-bond acceptors (Lipinski definition) is 5. The molecular weight excluding hydrogens is 461 g/mol. The number of carbonyl (C=O) groups is 1. The van der Waals surface area contributed by atoms with Crippen LogP contribution in [0, 0.1) is 25.6 Å². The van der Waals surface area contributed by atoms with E-state index < -0.39 is 0 Å². The van der Waals surface area contributed by atoms with Crippen molar-refractivity contribution in [3.63, 3.8) is 0 Å². The molecule has 2 aromatic carbocycles. The van der Waals surface area contributed by atoms with E-state index in [1.54, 1.807) is 34.3 Å². The zero-order chi connectivity index (χ0) is 24.1. The van der Waals surface area contributed by atoms with Crippen LogP contribution in [-0.2, 0) is 0 Å². The molecule has 178 valence electrons. The van der Waals surface area contributed by atoms with Gasteiger partial charge in [0.2, 0.25) is 0 Å². The Labute approximate surface area is 207 Å². The van der Waals surface area contributed by atoms with E-state index in [0.717, 1.165) is 52.0 Å². The molecular formula is C27H26FN5OS. The monoisotopic (exact) mass is 487 g/mol. The van der Waals surface area contributed by atoms with Gasteiger partial charge in [0.25, 0.3) is 5.91 Å². The second kappa shape index (κ2) is 8.61. The number of aromatic nitrogens is 3. The predicted molar refractivity (Wildman–Crippen MR) is 136 cm³/mol. The second-order valence-corrected chi connectivity index (χ2v) is 10.4. The van der Waals surface area contributed by atoms with Gasteiger partial charge in [0.05, 0.1) is 27.9 Å². The molecule has 0 spiro atoms. The van der Waals surface area contributed by atoms with Gasteiger partial charge in [-0.15, -0.1) is 0 Å². The number of rotatable bonds is 4. The standard InChI is InChI=1S/C27H26FN5OS/c1-17-7-8-23(33-11-4-10-29-33)22(13-17)26(34)31-12-9-20-15-32(24(20)16-31)27-30-18(2)25(35-27)19-5-3-6-21(28)14-19/h3-8,10-11,13-14,20,24H,9,12,15-16H2,1-2H3/t20-,24-/m0/s1. The van der Waals surface area contributed by atoms with E-state index in [0.29, 0.717) is 18.0 Å². The number of nitrogens with zero attached hydrogens (tertiary/aromatic N) is 5. The number of aryl methyl sites for hydroxylation is 2. The summed E-state index contributed by atoms with van der Waals surface area (Å²) in [4.78, 5) is 23.8. The van der Waals surface area contributed by atoms with Gasteiger partial charge in [0, 0.05) is 37.9 Å². The summed E-state index contributed by atoms with van der Waals surface area (Å²) in [6.07, 6.45) is 4.57. The molecule has 0 radical (unpaired) electrons. The smallest absolute Gasteiger partial charge is 0.256 e. The number of hydrogen-bond donors (Lipinski definition) is 0. The minimum Gasteiger partial charge on any atom is -0.343 e. The minimum atomic E-state index is -0.243. The number of fused-ring (bicyclic) bond motifs is 1. The van der Waals surface area contributed by atoms with Crippen LogP contribution in [0.25, 0.3) is 16.1 Å². The Morgan fingerprint density at radius 3 is 2.80 bits per heavy atom. The molecule has 4 heterocycles. The van der Waals surface area contributed by atoms with Crippen LogP contribution >= 0.6 is 11.3 Å². The molecule has 2 aromatic heterocycles. The van der Waals surface area contributed by atoms with Gasteiger partial charge in [0.1, 0.15) is 5.82 Å². The fraction of sp³-hybridized carbons (Fsp3) is 0.296. The summed E-state index contributed by atoms with van der Waals surface area (Å²) in [5.41, 5.74) is 4.29. The van der Waals surface area contributed by atoms with Crippen LogP contribution in [0.4, 0.5) is 9.52 Å². The van der Waals surface area contributed by atoms with Crippen LogP contribution in [0.3, 0.4) is 0 Å². The van der Waals surface area contributed by atoms with Crippen molar-refractivity contribution < 1.29 is 9.18 Å². The summed E-state index contributed by atoms with van der Waals surface area (Å²) < 4.78 is 15.5. The second-order valence-electron chi connectivity index (χ2n) is 9.41. The first-order valence-corrected chi connectivity index (χ1v) is 12.7. The fourth-order valence-corrected chi connectivity index (χ4v) is 6.34. The highest BCUT2D eigenvalue weighted by Gasteiger charge is 2.45. The molecule has 2 saturated heterocycles. The quantitative estimate of drug-likeness (QED) is 0.402. The SMILES string of the molecule is Cc1ccc(-n2cccn2)c(C(=O)N2CC[C@H]3CN(c4nc(C)c(-c5cccc(F)c5)s4)[C@H]3C2)c1. The van der Waals surface area contributed by atoms with E-state index >= 15 is 0 Å². The van der Waals surface area contributed by atoms with E-state index in [-0.39, 0.29) is 17.8 Å². The number of carbonyl (C=O) groups excluding carboxylic acids is 1. The van der Waals surface area contributed by atoms with E-state index in [4.69, 9.17) is 4.98 Å². The van der Waals surface area contributed by atoms with Crippen LogP contribution in [0.15, 0.2) is 60.9 Å². The van der Waals surface area contributed by atoms with Crippen LogP contribution in [0.1, 0.15) is 28.0 Å². The van der Waals surface area contributed by atoms with Gasteiger partial charge in [-0.05, 0) is 56.2 Å². The van der Waals surface area contributed by atoms with Gasteiger partial charge in [-0.2, -0.15) is 5.10 Å². The summed E-state index contributed by atoms with van der Waals surface area (Å²) in [5.74, 6) is 0.358. The fourth-order valence-electron chi connectivity index (χ4n) is 5.21. The maximum absolute atomic E-state index is 13.8. The topological polar surface area (TPSA) is 54.3 Å². The van der Waals surface area contributed by atoms with Crippen LogP contribution in [0.2, 0.25) is 0 Å². The number of benzene rings is 2. The summed E-state index contributed by atoms with van der Waals surface area (Å²) in [7, 11) is 0. The average molecular weight is 488 g/mol. The number of amides is 1. The van der Waals surface area contributed by atoms with E-state index in [1.165, 1.54) is 6.07 Å². The number of anilines is 1. The molecule has 2 fully saturated rings. The lowest BCUT2D eigenvalue weighted by molar-refractivity contribution is 0.0592. The summed E-state index contributed by atoms with van der Waals surface area (Å²) in [6, 6.07) is 14.7. The maximum atomic E-state index is 13.8. The average Bonchev–Trinajstić information content (AvgIpc) is 3.49. The van der Waals surface area contributed by atoms with Crippen LogP contribution < -0.4 is 4.90 Å². The summed E-state index contributed by atoms with van der Waals surface area (Å²) in [6.45, 7) is 6.36. The van der Waals surface area contributed by atoms with Crippen molar-refractivity contribution >= 4 is 22.4 Å². The first-order valence-electron chi connectivity index (χ1n) is 11.9. The molecule has 2 atom stereocenters. The van der Waals surface area contributed by atoms with Gasteiger partial charge in [-0.25, -0.2) is 14.1 Å². The van der Waals surface area contributed by atoms with Crippen molar-refractivity contribution in [2.75, 3.05) is 24.5 Å². The first-order chi connectivity index (χ1) is 17.0. The lowest BCUT2D eigenvalue weighted by atomic mass is 9.82. The van der Waals surface area contributed by atoms with E-state index in [1.807, 2.05) is 55.3 Å². The normalized spacial score (nSPS) is 19.4. The van der Waals surface area contributed by atoms with Crippen molar-refractivity contribution in [3.05, 3.63) is 83.6 Å². The third-order valence-corrected chi connectivity index (χ3v) is 8.34. The highest BCUT2D eigenvalue weighted by molar-refractivity contribution is 7.19. The van der Waals surface area contributed by atoms with Crippen LogP contribution in [-0.4, -0.2) is 51.2 Å². The zero-order valence-corrected chi connectivity index (χ0v) is 20.5. The van der Waals surface area contributed by atoms with Gasteiger partial charge in [-0.3, -0.25) is 4.79 Å². The Morgan fingerprint density at radius 2 is 2.00 bits per heavy atom. The minimum absolute atomic E-state index is 0.0419. The van der Waals surface area contributed by atoms with Crippen molar-refractivity contribution in [3.8, 4) is 16.1 Å². The Hall–Kier alpha value is -3.52. The number of likely N-dealkylation sites (tertiary alicyclic amines) is 1. The molecule has 2 aliphatic heterocycles. The number of piperidine rings is 1. The lowest BCUT2D eigenvalue weighted by Gasteiger charge is -2.53. The van der Waals surface area contributed by atoms with Gasteiger partial charge < -0.3 is 9.80 Å². The highest BCUT2D eigenvalue weighted by Crippen LogP contribution is 2.42. The highest BCUT2D eigenvalue weighted by atomic mass is 32.1. The van der Waals surface area contributed by atoms with Gasteiger partial charge in [0.15, 0.2) is 5.13 Å². The van der Waals surface area contributed by atoms with E-state index in [9.17, 15) is 9.18 Å². The Balaban J connectivity index is 1.24. The molecule has 0 aliphatic carbocycles. The molecule has 6 rings (SSSR count). The van der Waals surface area contributed by atoms with Crippen molar-refractivity contribution in [2.45, 2.75) is 26.3 Å². The third-order valence-electron chi connectivity index (χ3n) is 7.09. The van der Waals surface area contributed by atoms with Gasteiger partial charge >= 0.3 is 0 Å². The zero-order valence-electron chi connectivity index (χ0n) is 19.7. The largest absolute Gasteiger partial charge is 0.343 e. The number of thiazole rings is 1. The molecule has 4 aromatic rings. The summed E-state index contributed by atoms with van der Waals surface area (Å²) >= 11 is 1.60. The molecule has 0 unspecified atom stereocenters. The van der Waals surface area contributed by atoms with Crippen molar-refractivity contribution in [1.29, 1.82) is 0 Å². The number of halogens is 1. The maximum Gasteiger partial charge on any atom is 0.256 e. The summed E-state index contributed by atoms with van der Waals surface area (Å²) in [5, 5.41) is 5.29. The third kappa shape index (κ3) is 3.91. The van der Waals surface area contributed by atoms with Crippen LogP contribution in [0.5, 0.6) is 0 Å². The molecule has 0 N–H and O–H groups in total. The lowest BCUT2D eigenvalue weighted by Crippen LogP contribution is -2.65. The Kier molecular flexibility index (Phi) is 5.40. The molecule has 0 bridgehead atoms. The molecule has 35 heavy (non-hydrogen) atoms. The molecule has 8 heteroatoms. The Morgan fingerprint density at radius 1 is 1.11 bits per heavy atom. The van der Waals surface area contributed by atoms with E-state index in [2.05, 4.69) is 10.00 Å². The molecule has 1 amide bonds. The van der Waals surface area contributed by atoms with Crippen molar-refractivity contribution in [2.24, 2.45) is 5.92 Å². The molecule has 6 nitrogen and oxygen atoms in total. The first kappa shape index (κ1) is 22.0. The molecule has 2 aliphatic rings.